The molecule has 0 unspecified atom stereocenters. The predicted molar refractivity (Wildman–Crippen MR) is 81.4 cm³/mol. The lowest BCUT2D eigenvalue weighted by Crippen LogP contribution is -1.99. The minimum atomic E-state index is 0.247. The Kier molecular flexibility index (Phi) is 9.10. The van der Waals surface area contributed by atoms with Crippen molar-refractivity contribution in [2.24, 2.45) is 0 Å². The largest absolute Gasteiger partial charge is 0.494 e. The van der Waals surface area contributed by atoms with Gasteiger partial charge >= 0.3 is 0 Å². The van der Waals surface area contributed by atoms with E-state index in [2.05, 4.69) is 0 Å². The zero-order valence-electron chi connectivity index (χ0n) is 10.6. The van der Waals surface area contributed by atoms with Crippen LogP contribution in [-0.4, -0.2) is 19.8 Å². The maximum absolute atomic E-state index is 5.79. The standard InChI is InChI=1S/C14H17Cl3O2/c15-12-4-6-13(7-5-12)19-10-3-1-2-9-18-11-8-14(16)17/h4-8H,1-3,9-11H2. The Hall–Kier alpha value is -0.410. The average molecular weight is 324 g/mol. The van der Waals surface area contributed by atoms with E-state index in [0.717, 1.165) is 30.0 Å². The lowest BCUT2D eigenvalue weighted by atomic mass is 10.2. The van der Waals surface area contributed by atoms with Crippen molar-refractivity contribution >= 4 is 34.8 Å². The van der Waals surface area contributed by atoms with Crippen molar-refractivity contribution in [3.05, 3.63) is 39.9 Å². The summed E-state index contributed by atoms with van der Waals surface area (Å²) in [6.45, 7) is 1.87. The molecule has 19 heavy (non-hydrogen) atoms. The molecule has 0 heterocycles. The Morgan fingerprint density at radius 2 is 1.68 bits per heavy atom. The first kappa shape index (κ1) is 16.6. The van der Waals surface area contributed by atoms with Gasteiger partial charge in [0.05, 0.1) is 13.2 Å². The summed E-state index contributed by atoms with van der Waals surface area (Å²) in [6.07, 6.45) is 4.69. The molecule has 1 aromatic carbocycles. The molecule has 0 aliphatic carbocycles. The van der Waals surface area contributed by atoms with Crippen LogP contribution in [0, 0.1) is 0 Å². The fourth-order valence-electron chi connectivity index (χ4n) is 1.41. The fraction of sp³-hybridized carbons (Fsp3) is 0.429. The van der Waals surface area contributed by atoms with E-state index in [1.165, 1.54) is 0 Å². The molecule has 5 heteroatoms. The van der Waals surface area contributed by atoms with Gasteiger partial charge in [-0.05, 0) is 49.6 Å². The van der Waals surface area contributed by atoms with Gasteiger partial charge in [0.1, 0.15) is 10.2 Å². The van der Waals surface area contributed by atoms with Crippen LogP contribution in [0.3, 0.4) is 0 Å². The molecule has 0 spiro atoms. The van der Waals surface area contributed by atoms with E-state index in [9.17, 15) is 0 Å². The van der Waals surface area contributed by atoms with Gasteiger partial charge in [-0.2, -0.15) is 0 Å². The number of rotatable bonds is 9. The molecule has 0 saturated carbocycles. The van der Waals surface area contributed by atoms with Gasteiger partial charge in [0.2, 0.25) is 0 Å². The average Bonchev–Trinajstić information content (AvgIpc) is 2.38. The van der Waals surface area contributed by atoms with E-state index in [1.807, 2.05) is 24.3 Å². The van der Waals surface area contributed by atoms with Crippen molar-refractivity contribution in [1.29, 1.82) is 0 Å². The number of unbranched alkanes of at least 4 members (excludes halogenated alkanes) is 2. The molecule has 0 saturated heterocycles. The summed E-state index contributed by atoms with van der Waals surface area (Å²) in [5.74, 6) is 0.850. The van der Waals surface area contributed by atoms with Gasteiger partial charge in [-0.3, -0.25) is 0 Å². The molecule has 106 valence electrons. The van der Waals surface area contributed by atoms with E-state index < -0.39 is 0 Å². The third kappa shape index (κ3) is 9.17. The van der Waals surface area contributed by atoms with Crippen LogP contribution >= 0.6 is 34.8 Å². The zero-order chi connectivity index (χ0) is 13.9. The van der Waals surface area contributed by atoms with Crippen molar-refractivity contribution in [3.8, 4) is 5.75 Å². The van der Waals surface area contributed by atoms with Gasteiger partial charge in [0.15, 0.2) is 0 Å². The summed E-state index contributed by atoms with van der Waals surface area (Å²) >= 11 is 16.7. The van der Waals surface area contributed by atoms with Crippen molar-refractivity contribution in [1.82, 2.24) is 0 Å². The highest BCUT2D eigenvalue weighted by Crippen LogP contribution is 2.15. The first-order valence-corrected chi connectivity index (χ1v) is 7.29. The van der Waals surface area contributed by atoms with Crippen molar-refractivity contribution < 1.29 is 9.47 Å². The van der Waals surface area contributed by atoms with Crippen molar-refractivity contribution in [2.75, 3.05) is 19.8 Å². The predicted octanol–water partition coefficient (Wildman–Crippen LogP) is 5.22. The Bertz CT molecular complexity index is 373. The molecule has 0 aliphatic rings. The fourth-order valence-corrected chi connectivity index (χ4v) is 1.66. The molecule has 0 radical (unpaired) electrons. The van der Waals surface area contributed by atoms with Crippen LogP contribution in [0.4, 0.5) is 0 Å². The van der Waals surface area contributed by atoms with Crippen LogP contribution in [-0.2, 0) is 4.74 Å². The van der Waals surface area contributed by atoms with Crippen LogP contribution in [0.2, 0.25) is 5.02 Å². The summed E-state index contributed by atoms with van der Waals surface area (Å²) < 4.78 is 11.1. The summed E-state index contributed by atoms with van der Waals surface area (Å²) in [7, 11) is 0. The van der Waals surface area contributed by atoms with Crippen LogP contribution in [0.15, 0.2) is 34.8 Å². The molecule has 0 aromatic heterocycles. The maximum Gasteiger partial charge on any atom is 0.119 e. The molecule has 0 N–H and O–H groups in total. The number of hydrogen-bond donors (Lipinski definition) is 0. The zero-order valence-corrected chi connectivity index (χ0v) is 12.8. The molecule has 1 aromatic rings. The molecular weight excluding hydrogens is 307 g/mol. The first-order chi connectivity index (χ1) is 9.18. The highest BCUT2D eigenvalue weighted by atomic mass is 35.5. The number of ether oxygens (including phenoxy) is 2. The molecule has 0 atom stereocenters. The minimum absolute atomic E-state index is 0.247. The van der Waals surface area contributed by atoms with Gasteiger partial charge < -0.3 is 9.47 Å². The lowest BCUT2D eigenvalue weighted by Gasteiger charge is -2.06. The molecule has 1 rings (SSSR count). The number of benzene rings is 1. The van der Waals surface area contributed by atoms with Crippen molar-refractivity contribution in [2.45, 2.75) is 19.3 Å². The Labute approximate surface area is 129 Å². The number of halogens is 3. The lowest BCUT2D eigenvalue weighted by molar-refractivity contribution is 0.155. The van der Waals surface area contributed by atoms with Crippen LogP contribution in [0.1, 0.15) is 19.3 Å². The highest BCUT2D eigenvalue weighted by Gasteiger charge is 1.94. The van der Waals surface area contributed by atoms with Crippen molar-refractivity contribution in [3.63, 3.8) is 0 Å². The van der Waals surface area contributed by atoms with Crippen LogP contribution in [0.5, 0.6) is 5.75 Å². The Balaban J connectivity index is 1.94. The molecule has 0 fully saturated rings. The van der Waals surface area contributed by atoms with E-state index in [-0.39, 0.29) is 4.49 Å². The van der Waals surface area contributed by atoms with E-state index in [4.69, 9.17) is 44.3 Å². The topological polar surface area (TPSA) is 18.5 Å². The molecule has 0 amide bonds. The Morgan fingerprint density at radius 1 is 1.00 bits per heavy atom. The highest BCUT2D eigenvalue weighted by molar-refractivity contribution is 6.55. The monoisotopic (exact) mass is 322 g/mol. The third-order valence-corrected chi connectivity index (χ3v) is 2.93. The summed E-state index contributed by atoms with van der Waals surface area (Å²) in [6, 6.07) is 7.38. The quantitative estimate of drug-likeness (QED) is 0.580. The third-order valence-electron chi connectivity index (χ3n) is 2.37. The second-order valence-electron chi connectivity index (χ2n) is 3.93. The molecule has 0 aliphatic heterocycles. The molecule has 2 nitrogen and oxygen atoms in total. The van der Waals surface area contributed by atoms with Gasteiger partial charge in [0, 0.05) is 11.6 Å². The Morgan fingerprint density at radius 3 is 2.37 bits per heavy atom. The van der Waals surface area contributed by atoms with E-state index in [1.54, 1.807) is 6.08 Å². The summed E-state index contributed by atoms with van der Waals surface area (Å²) in [4.78, 5) is 0. The van der Waals surface area contributed by atoms with Crippen LogP contribution in [0.25, 0.3) is 0 Å². The maximum atomic E-state index is 5.79. The molecule has 0 bridgehead atoms. The van der Waals surface area contributed by atoms with Gasteiger partial charge in [-0.15, -0.1) is 0 Å². The normalized spacial score (nSPS) is 10.3. The summed E-state index contributed by atoms with van der Waals surface area (Å²) in [5.41, 5.74) is 0. The van der Waals surface area contributed by atoms with Gasteiger partial charge in [0.25, 0.3) is 0 Å². The SMILES string of the molecule is ClC(Cl)=CCOCCCCCOc1ccc(Cl)cc1. The van der Waals surface area contributed by atoms with E-state index >= 15 is 0 Å². The molecular formula is C14H17Cl3O2. The van der Waals surface area contributed by atoms with Gasteiger partial charge in [-0.25, -0.2) is 0 Å². The van der Waals surface area contributed by atoms with Crippen LogP contribution < -0.4 is 4.74 Å². The smallest absolute Gasteiger partial charge is 0.119 e. The van der Waals surface area contributed by atoms with E-state index in [0.29, 0.717) is 19.8 Å². The number of hydrogen-bond acceptors (Lipinski definition) is 2. The first-order valence-electron chi connectivity index (χ1n) is 6.16. The summed E-state index contributed by atoms with van der Waals surface area (Å²) in [5, 5.41) is 0.718. The van der Waals surface area contributed by atoms with Gasteiger partial charge in [-0.1, -0.05) is 34.8 Å². The second-order valence-corrected chi connectivity index (χ2v) is 5.38. The second kappa shape index (κ2) is 10.4. The minimum Gasteiger partial charge on any atom is -0.494 e.